The van der Waals surface area contributed by atoms with Gasteiger partial charge in [0, 0.05) is 38.7 Å². The van der Waals surface area contributed by atoms with Crippen LogP contribution in [0.2, 0.25) is 0 Å². The summed E-state index contributed by atoms with van der Waals surface area (Å²) in [5.41, 5.74) is 1.71. The third-order valence-electron chi connectivity index (χ3n) is 5.13. The first kappa shape index (κ1) is 20.4. The standard InChI is InChI=1S/C21H25N3O5/c1-28-19-9-7-16(15-20(19)29-2)8-10-21(25)23-13-11-22(12-14-23)17-5-3-4-6-18(17)24(26)27/h3-7,9,15H,8,10-14H2,1-2H3. The number of carbonyl (C=O) groups excluding carboxylic acids is 1. The Bertz CT molecular complexity index is 878. The van der Waals surface area contributed by atoms with Crippen LogP contribution in [0.1, 0.15) is 12.0 Å². The second-order valence-corrected chi connectivity index (χ2v) is 6.80. The number of piperazine rings is 1. The van der Waals surface area contributed by atoms with Gasteiger partial charge in [-0.3, -0.25) is 14.9 Å². The van der Waals surface area contributed by atoms with Crippen molar-refractivity contribution >= 4 is 17.3 Å². The average molecular weight is 399 g/mol. The van der Waals surface area contributed by atoms with E-state index >= 15 is 0 Å². The Morgan fingerprint density at radius 3 is 2.38 bits per heavy atom. The Kier molecular flexibility index (Phi) is 6.54. The molecule has 0 saturated carbocycles. The molecule has 1 aliphatic heterocycles. The van der Waals surface area contributed by atoms with Crippen molar-refractivity contribution in [1.82, 2.24) is 4.90 Å². The monoisotopic (exact) mass is 399 g/mol. The first-order chi connectivity index (χ1) is 14.0. The third kappa shape index (κ3) is 4.77. The number of nitrogens with zero attached hydrogens (tertiary/aromatic N) is 3. The number of ether oxygens (including phenoxy) is 2. The Morgan fingerprint density at radius 2 is 1.72 bits per heavy atom. The lowest BCUT2D eigenvalue weighted by Crippen LogP contribution is -2.49. The van der Waals surface area contributed by atoms with Gasteiger partial charge in [0.1, 0.15) is 5.69 Å². The number of hydrogen-bond donors (Lipinski definition) is 0. The van der Waals surface area contributed by atoms with Gasteiger partial charge < -0.3 is 19.3 Å². The van der Waals surface area contributed by atoms with Gasteiger partial charge in [0.15, 0.2) is 11.5 Å². The van der Waals surface area contributed by atoms with Gasteiger partial charge in [-0.1, -0.05) is 18.2 Å². The first-order valence-electron chi connectivity index (χ1n) is 9.50. The summed E-state index contributed by atoms with van der Waals surface area (Å²) >= 11 is 0. The lowest BCUT2D eigenvalue weighted by Gasteiger charge is -2.35. The summed E-state index contributed by atoms with van der Waals surface area (Å²) in [7, 11) is 3.17. The largest absolute Gasteiger partial charge is 0.493 e. The number of aryl methyl sites for hydroxylation is 1. The van der Waals surface area contributed by atoms with E-state index in [2.05, 4.69) is 0 Å². The second kappa shape index (κ2) is 9.27. The molecular formula is C21H25N3O5. The normalized spacial score (nSPS) is 13.9. The van der Waals surface area contributed by atoms with Gasteiger partial charge >= 0.3 is 0 Å². The molecule has 2 aromatic carbocycles. The van der Waals surface area contributed by atoms with Gasteiger partial charge in [-0.25, -0.2) is 0 Å². The van der Waals surface area contributed by atoms with Gasteiger partial charge in [0.05, 0.1) is 19.1 Å². The molecule has 1 heterocycles. The van der Waals surface area contributed by atoms with Crippen LogP contribution in [0.15, 0.2) is 42.5 Å². The van der Waals surface area contributed by atoms with E-state index in [1.807, 2.05) is 28.0 Å². The van der Waals surface area contributed by atoms with Gasteiger partial charge in [0.2, 0.25) is 5.91 Å². The minimum atomic E-state index is -0.365. The second-order valence-electron chi connectivity index (χ2n) is 6.80. The topological polar surface area (TPSA) is 85.2 Å². The maximum absolute atomic E-state index is 12.6. The molecule has 0 bridgehead atoms. The maximum atomic E-state index is 12.6. The Hall–Kier alpha value is -3.29. The fraction of sp³-hybridized carbons (Fsp3) is 0.381. The molecule has 154 valence electrons. The van der Waals surface area contributed by atoms with Gasteiger partial charge in [0.25, 0.3) is 5.69 Å². The van der Waals surface area contributed by atoms with E-state index in [0.717, 1.165) is 5.56 Å². The quantitative estimate of drug-likeness (QED) is 0.526. The van der Waals surface area contributed by atoms with Crippen molar-refractivity contribution in [3.63, 3.8) is 0 Å². The number of methoxy groups -OCH3 is 2. The van der Waals surface area contributed by atoms with Crippen molar-refractivity contribution in [2.24, 2.45) is 0 Å². The molecule has 0 spiro atoms. The summed E-state index contributed by atoms with van der Waals surface area (Å²) in [6.07, 6.45) is 1.02. The maximum Gasteiger partial charge on any atom is 0.292 e. The van der Waals surface area contributed by atoms with Crippen LogP contribution in [0.3, 0.4) is 0 Å². The van der Waals surface area contributed by atoms with Crippen molar-refractivity contribution in [2.75, 3.05) is 45.3 Å². The van der Waals surface area contributed by atoms with E-state index in [0.29, 0.717) is 56.2 Å². The number of para-hydroxylation sites is 2. The molecule has 0 radical (unpaired) electrons. The smallest absolute Gasteiger partial charge is 0.292 e. The summed E-state index contributed by atoms with van der Waals surface area (Å²) < 4.78 is 10.5. The zero-order chi connectivity index (χ0) is 20.8. The number of hydrogen-bond acceptors (Lipinski definition) is 6. The predicted octanol–water partition coefficient (Wildman–Crippen LogP) is 2.89. The van der Waals surface area contributed by atoms with Gasteiger partial charge in [-0.05, 0) is 30.2 Å². The molecule has 8 heteroatoms. The molecular weight excluding hydrogens is 374 g/mol. The van der Waals surface area contributed by atoms with E-state index in [-0.39, 0.29) is 16.5 Å². The van der Waals surface area contributed by atoms with E-state index in [9.17, 15) is 14.9 Å². The number of nitro groups is 1. The van der Waals surface area contributed by atoms with Crippen LogP contribution in [-0.4, -0.2) is 56.1 Å². The number of rotatable bonds is 7. The minimum absolute atomic E-state index is 0.0852. The molecule has 29 heavy (non-hydrogen) atoms. The average Bonchev–Trinajstić information content (AvgIpc) is 2.77. The van der Waals surface area contributed by atoms with Crippen LogP contribution in [0.25, 0.3) is 0 Å². The predicted molar refractivity (Wildman–Crippen MR) is 110 cm³/mol. The number of carbonyl (C=O) groups is 1. The fourth-order valence-corrected chi connectivity index (χ4v) is 3.53. The summed E-state index contributed by atoms with van der Waals surface area (Å²) in [4.78, 5) is 27.3. The molecule has 0 aliphatic carbocycles. The third-order valence-corrected chi connectivity index (χ3v) is 5.13. The number of benzene rings is 2. The van der Waals surface area contributed by atoms with E-state index in [4.69, 9.17) is 9.47 Å². The number of nitro benzene ring substituents is 1. The van der Waals surface area contributed by atoms with Gasteiger partial charge in [-0.2, -0.15) is 0 Å². The highest BCUT2D eigenvalue weighted by atomic mass is 16.6. The van der Waals surface area contributed by atoms with Crippen molar-refractivity contribution in [3.8, 4) is 11.5 Å². The van der Waals surface area contributed by atoms with Gasteiger partial charge in [-0.15, -0.1) is 0 Å². The molecule has 0 unspecified atom stereocenters. The molecule has 0 atom stereocenters. The van der Waals surface area contributed by atoms with Crippen LogP contribution in [0.4, 0.5) is 11.4 Å². The molecule has 1 aliphatic rings. The fourth-order valence-electron chi connectivity index (χ4n) is 3.53. The Labute approximate surface area is 169 Å². The SMILES string of the molecule is COc1ccc(CCC(=O)N2CCN(c3ccccc3[N+](=O)[O-])CC2)cc1OC. The van der Waals surface area contributed by atoms with Crippen LogP contribution in [0.5, 0.6) is 11.5 Å². The van der Waals surface area contributed by atoms with E-state index < -0.39 is 0 Å². The summed E-state index contributed by atoms with van der Waals surface area (Å²) in [6, 6.07) is 12.4. The highest BCUT2D eigenvalue weighted by Gasteiger charge is 2.25. The molecule has 1 fully saturated rings. The van der Waals surface area contributed by atoms with Crippen molar-refractivity contribution < 1.29 is 19.2 Å². The van der Waals surface area contributed by atoms with Crippen LogP contribution in [-0.2, 0) is 11.2 Å². The minimum Gasteiger partial charge on any atom is -0.493 e. The Balaban J connectivity index is 1.55. The van der Waals surface area contributed by atoms with E-state index in [1.165, 1.54) is 6.07 Å². The molecule has 0 aromatic heterocycles. The van der Waals surface area contributed by atoms with Crippen LogP contribution >= 0.6 is 0 Å². The van der Waals surface area contributed by atoms with Crippen LogP contribution < -0.4 is 14.4 Å². The Morgan fingerprint density at radius 1 is 1.03 bits per heavy atom. The van der Waals surface area contributed by atoms with E-state index in [1.54, 1.807) is 32.4 Å². The highest BCUT2D eigenvalue weighted by Crippen LogP contribution is 2.29. The van der Waals surface area contributed by atoms with Crippen molar-refractivity contribution in [3.05, 3.63) is 58.1 Å². The molecule has 0 N–H and O–H groups in total. The molecule has 8 nitrogen and oxygen atoms in total. The number of amides is 1. The zero-order valence-electron chi connectivity index (χ0n) is 16.7. The lowest BCUT2D eigenvalue weighted by atomic mass is 10.1. The van der Waals surface area contributed by atoms with Crippen molar-refractivity contribution in [1.29, 1.82) is 0 Å². The summed E-state index contributed by atoms with van der Waals surface area (Å²) in [5, 5.41) is 11.2. The van der Waals surface area contributed by atoms with Crippen LogP contribution in [0, 0.1) is 10.1 Å². The number of anilines is 1. The summed E-state index contributed by atoms with van der Waals surface area (Å²) in [6.45, 7) is 2.26. The zero-order valence-corrected chi connectivity index (χ0v) is 16.7. The summed E-state index contributed by atoms with van der Waals surface area (Å²) in [5.74, 6) is 1.39. The molecule has 3 rings (SSSR count). The molecule has 1 amide bonds. The highest BCUT2D eigenvalue weighted by molar-refractivity contribution is 5.77. The first-order valence-corrected chi connectivity index (χ1v) is 9.50. The molecule has 1 saturated heterocycles. The lowest BCUT2D eigenvalue weighted by molar-refractivity contribution is -0.384. The molecule has 2 aromatic rings. The van der Waals surface area contributed by atoms with Crippen molar-refractivity contribution in [2.45, 2.75) is 12.8 Å².